The molecule has 1 fully saturated rings. The predicted molar refractivity (Wildman–Crippen MR) is 139 cm³/mol. The van der Waals surface area contributed by atoms with E-state index >= 15 is 0 Å². The second kappa shape index (κ2) is 9.99. The molecule has 176 valence electrons. The fourth-order valence-corrected chi connectivity index (χ4v) is 5.03. The number of rotatable bonds is 6. The highest BCUT2D eigenvalue weighted by Gasteiger charge is 2.28. The van der Waals surface area contributed by atoms with Crippen LogP contribution in [0.15, 0.2) is 53.4 Å². The number of anilines is 1. The number of carbonyl (C=O) groups excluding carboxylic acids is 2. The van der Waals surface area contributed by atoms with Crippen molar-refractivity contribution in [2.45, 2.75) is 33.2 Å². The third-order valence-corrected chi connectivity index (χ3v) is 6.87. The molecule has 4 rings (SSSR count). The van der Waals surface area contributed by atoms with Gasteiger partial charge < -0.3 is 19.9 Å². The van der Waals surface area contributed by atoms with Crippen LogP contribution in [0.5, 0.6) is 0 Å². The first-order chi connectivity index (χ1) is 16.3. The van der Waals surface area contributed by atoms with Crippen LogP contribution >= 0.6 is 23.4 Å². The van der Waals surface area contributed by atoms with Crippen LogP contribution in [-0.2, 0) is 9.53 Å². The molecule has 0 spiro atoms. The van der Waals surface area contributed by atoms with Crippen molar-refractivity contribution >= 4 is 47.0 Å². The van der Waals surface area contributed by atoms with E-state index in [-0.39, 0.29) is 17.4 Å². The number of aromatic nitrogens is 1. The number of nitrogens with one attached hydrogen (secondary N) is 2. The minimum atomic E-state index is -0.333. The number of aryl methyl sites for hydroxylation is 2. The summed E-state index contributed by atoms with van der Waals surface area (Å²) < 4.78 is 7.16. The number of ether oxygens (including phenoxy) is 1. The molecule has 0 aliphatic carbocycles. The third kappa shape index (κ3) is 5.00. The molecule has 8 heteroatoms. The molecule has 1 aliphatic rings. The van der Waals surface area contributed by atoms with Crippen LogP contribution in [0.25, 0.3) is 11.8 Å². The molecule has 1 saturated heterocycles. The van der Waals surface area contributed by atoms with Crippen LogP contribution in [0.4, 0.5) is 5.69 Å². The van der Waals surface area contributed by atoms with E-state index in [0.29, 0.717) is 22.1 Å². The predicted octanol–water partition coefficient (Wildman–Crippen LogP) is 5.83. The van der Waals surface area contributed by atoms with E-state index in [1.165, 1.54) is 11.8 Å². The molecule has 2 heterocycles. The summed E-state index contributed by atoms with van der Waals surface area (Å²) in [5, 5.41) is 6.95. The largest absolute Gasteiger partial charge is 0.462 e. The van der Waals surface area contributed by atoms with E-state index < -0.39 is 0 Å². The lowest BCUT2D eigenvalue weighted by Gasteiger charge is -2.15. The van der Waals surface area contributed by atoms with Crippen molar-refractivity contribution < 1.29 is 14.3 Å². The van der Waals surface area contributed by atoms with Crippen LogP contribution in [-0.4, -0.2) is 28.5 Å². The summed E-state index contributed by atoms with van der Waals surface area (Å²) in [6, 6.07) is 15.0. The van der Waals surface area contributed by atoms with Crippen molar-refractivity contribution in [3.63, 3.8) is 0 Å². The van der Waals surface area contributed by atoms with Gasteiger partial charge in [-0.1, -0.05) is 29.4 Å². The molecular weight excluding hydrogens is 470 g/mol. The molecule has 0 radical (unpaired) electrons. The topological polar surface area (TPSA) is 72.4 Å². The summed E-state index contributed by atoms with van der Waals surface area (Å²) in [4.78, 5) is 25.2. The fraction of sp³-hybridized carbons (Fsp3) is 0.231. The second-order valence-electron chi connectivity index (χ2n) is 8.01. The minimum Gasteiger partial charge on any atom is -0.462 e. The average molecular weight is 496 g/mol. The average Bonchev–Trinajstić information content (AvgIpc) is 3.28. The van der Waals surface area contributed by atoms with Gasteiger partial charge in [0.2, 0.25) is 0 Å². The van der Waals surface area contributed by atoms with Gasteiger partial charge in [0.05, 0.1) is 17.1 Å². The van der Waals surface area contributed by atoms with Gasteiger partial charge in [0.15, 0.2) is 5.50 Å². The van der Waals surface area contributed by atoms with Crippen molar-refractivity contribution in [2.75, 3.05) is 11.9 Å². The van der Waals surface area contributed by atoms with E-state index in [2.05, 4.69) is 21.3 Å². The summed E-state index contributed by atoms with van der Waals surface area (Å²) in [6.07, 6.45) is 1.92. The lowest BCUT2D eigenvalue weighted by molar-refractivity contribution is -0.116. The molecule has 0 bridgehead atoms. The maximum Gasteiger partial charge on any atom is 0.338 e. The molecular formula is C26H26ClN3O3S. The smallest absolute Gasteiger partial charge is 0.338 e. The van der Waals surface area contributed by atoms with Gasteiger partial charge in [-0.15, -0.1) is 0 Å². The Bertz CT molecular complexity index is 1280. The van der Waals surface area contributed by atoms with Crippen molar-refractivity contribution in [3.8, 4) is 5.69 Å². The summed E-state index contributed by atoms with van der Waals surface area (Å²) >= 11 is 7.56. The van der Waals surface area contributed by atoms with Crippen molar-refractivity contribution in [3.05, 3.63) is 86.5 Å². The first-order valence-corrected chi connectivity index (χ1v) is 12.2. The van der Waals surface area contributed by atoms with Gasteiger partial charge in [0, 0.05) is 27.8 Å². The highest BCUT2D eigenvalue weighted by atomic mass is 35.5. The summed E-state index contributed by atoms with van der Waals surface area (Å²) in [6.45, 7) is 8.15. The van der Waals surface area contributed by atoms with E-state index in [1.807, 2.05) is 57.2 Å². The number of halogens is 1. The number of carbonyl (C=O) groups is 2. The van der Waals surface area contributed by atoms with Gasteiger partial charge in [0.1, 0.15) is 0 Å². The van der Waals surface area contributed by atoms with Gasteiger partial charge in [-0.3, -0.25) is 4.79 Å². The zero-order chi connectivity index (χ0) is 24.4. The van der Waals surface area contributed by atoms with Crippen LogP contribution in [0.1, 0.15) is 39.8 Å². The molecule has 6 nitrogen and oxygen atoms in total. The van der Waals surface area contributed by atoms with Crippen LogP contribution in [0.2, 0.25) is 5.02 Å². The van der Waals surface area contributed by atoms with Crippen molar-refractivity contribution in [2.24, 2.45) is 0 Å². The Kier molecular flexibility index (Phi) is 7.05. The number of amides is 1. The van der Waals surface area contributed by atoms with Gasteiger partial charge in [-0.2, -0.15) is 0 Å². The van der Waals surface area contributed by atoms with Crippen LogP contribution in [0, 0.1) is 20.8 Å². The van der Waals surface area contributed by atoms with E-state index in [4.69, 9.17) is 16.3 Å². The molecule has 1 unspecified atom stereocenters. The summed E-state index contributed by atoms with van der Waals surface area (Å²) in [5.41, 5.74) is 6.10. The Labute approximate surface area is 208 Å². The number of hydrogen-bond donors (Lipinski definition) is 2. The van der Waals surface area contributed by atoms with E-state index in [9.17, 15) is 9.59 Å². The molecule has 1 aromatic heterocycles. The monoisotopic (exact) mass is 495 g/mol. The molecule has 1 aliphatic heterocycles. The maximum atomic E-state index is 12.6. The van der Waals surface area contributed by atoms with Crippen LogP contribution < -0.4 is 10.6 Å². The van der Waals surface area contributed by atoms with Crippen LogP contribution in [0.3, 0.4) is 0 Å². The lowest BCUT2D eigenvalue weighted by atomic mass is 10.2. The third-order valence-electron chi connectivity index (χ3n) is 5.61. The zero-order valence-corrected chi connectivity index (χ0v) is 21.0. The van der Waals surface area contributed by atoms with Gasteiger partial charge >= 0.3 is 5.97 Å². The quantitative estimate of drug-likeness (QED) is 0.332. The van der Waals surface area contributed by atoms with Gasteiger partial charge in [0.25, 0.3) is 5.91 Å². The number of benzene rings is 2. The minimum absolute atomic E-state index is 0.120. The van der Waals surface area contributed by atoms with E-state index in [0.717, 1.165) is 33.9 Å². The Hall–Kier alpha value is -3.16. The van der Waals surface area contributed by atoms with Gasteiger partial charge in [-0.25, -0.2) is 4.79 Å². The number of esters is 1. The highest BCUT2D eigenvalue weighted by molar-refractivity contribution is 8.05. The summed E-state index contributed by atoms with van der Waals surface area (Å²) in [5.74, 6) is -0.452. The molecule has 2 N–H and O–H groups in total. The molecule has 2 aromatic carbocycles. The fourth-order valence-electron chi connectivity index (χ4n) is 3.89. The van der Waals surface area contributed by atoms with E-state index in [1.54, 1.807) is 19.1 Å². The second-order valence-corrected chi connectivity index (χ2v) is 9.60. The Morgan fingerprint density at radius 3 is 2.62 bits per heavy atom. The SMILES string of the molecule is CCOC(=O)c1ccc(-n2c(C)cc(/C=C3\SC(Nc4cc(Cl)ccc4C)NC3=O)c2C)cc1. The van der Waals surface area contributed by atoms with Crippen molar-refractivity contribution in [1.82, 2.24) is 9.88 Å². The number of thioether (sulfide) groups is 1. The Morgan fingerprint density at radius 1 is 1.18 bits per heavy atom. The maximum absolute atomic E-state index is 12.6. The highest BCUT2D eigenvalue weighted by Crippen LogP contribution is 2.33. The molecule has 3 aromatic rings. The first kappa shape index (κ1) is 24.0. The Balaban J connectivity index is 1.55. The lowest BCUT2D eigenvalue weighted by Crippen LogP contribution is -2.31. The molecule has 0 saturated carbocycles. The van der Waals surface area contributed by atoms with Crippen molar-refractivity contribution in [1.29, 1.82) is 0 Å². The van der Waals surface area contributed by atoms with Gasteiger partial charge in [-0.05, 0) is 87.4 Å². The molecule has 34 heavy (non-hydrogen) atoms. The molecule has 1 atom stereocenters. The first-order valence-electron chi connectivity index (χ1n) is 10.9. The summed E-state index contributed by atoms with van der Waals surface area (Å²) in [7, 11) is 0. The molecule has 1 amide bonds. The Morgan fingerprint density at radius 2 is 1.91 bits per heavy atom. The number of hydrogen-bond acceptors (Lipinski definition) is 5. The normalized spacial score (nSPS) is 16.6. The zero-order valence-electron chi connectivity index (χ0n) is 19.4. The number of nitrogens with zero attached hydrogens (tertiary/aromatic N) is 1. The standard InChI is InChI=1S/C26H26ClN3O3S/c1-5-33-25(32)18-7-10-21(11-8-18)30-16(3)12-19(17(30)4)13-23-24(31)29-26(34-23)28-22-14-20(27)9-6-15(22)2/h6-14,26,28H,5H2,1-4H3,(H,29,31)/b23-13-.